The van der Waals surface area contributed by atoms with Crippen LogP contribution in [0.15, 0.2) is 30.3 Å². The molecule has 1 aliphatic heterocycles. The Bertz CT molecular complexity index is 440. The summed E-state index contributed by atoms with van der Waals surface area (Å²) in [5.41, 5.74) is 0.903. The van der Waals surface area contributed by atoms with Gasteiger partial charge < -0.3 is 9.84 Å². The van der Waals surface area contributed by atoms with Crippen LogP contribution >= 0.6 is 0 Å². The van der Waals surface area contributed by atoms with Crippen molar-refractivity contribution in [3.8, 4) is 0 Å². The van der Waals surface area contributed by atoms with Gasteiger partial charge in [0.15, 0.2) is 0 Å². The maximum absolute atomic E-state index is 12.4. The fourth-order valence-corrected chi connectivity index (χ4v) is 3.87. The van der Waals surface area contributed by atoms with Crippen LogP contribution in [0.1, 0.15) is 18.4 Å². The molecular weight excluding hydrogens is 264 g/mol. The highest BCUT2D eigenvalue weighted by Crippen LogP contribution is 2.18. The first-order valence-electron chi connectivity index (χ1n) is 6.42. The zero-order valence-corrected chi connectivity index (χ0v) is 11.5. The summed E-state index contributed by atoms with van der Waals surface area (Å²) in [6.45, 7) is 1.09. The lowest BCUT2D eigenvalue weighted by atomic mass is 10.1. The van der Waals surface area contributed by atoms with E-state index in [1.807, 2.05) is 30.3 Å². The first-order valence-corrected chi connectivity index (χ1v) is 7.70. The van der Waals surface area contributed by atoms with E-state index in [1.54, 1.807) is 0 Å². The summed E-state index contributed by atoms with van der Waals surface area (Å²) in [5.74, 6) is -0.993. The van der Waals surface area contributed by atoms with E-state index in [4.69, 9.17) is 4.74 Å². The molecule has 104 valence electrons. The molecule has 1 aromatic rings. The van der Waals surface area contributed by atoms with Crippen LogP contribution in [-0.2, 0) is 26.8 Å². The smallest absolute Gasteiger partial charge is 0.319 e. The lowest BCUT2D eigenvalue weighted by Crippen LogP contribution is -2.38. The maximum Gasteiger partial charge on any atom is 0.319 e. The summed E-state index contributed by atoms with van der Waals surface area (Å²) in [5, 5.41) is 8.29. The minimum atomic E-state index is -1.40. The zero-order chi connectivity index (χ0) is 13.7. The van der Waals surface area contributed by atoms with Gasteiger partial charge in [-0.2, -0.15) is 0 Å². The molecule has 3 unspecified atom stereocenters. The van der Waals surface area contributed by atoms with Gasteiger partial charge in [-0.25, -0.2) is 0 Å². The topological polar surface area (TPSA) is 63.6 Å². The van der Waals surface area contributed by atoms with Gasteiger partial charge in [-0.05, 0) is 24.8 Å². The Balaban J connectivity index is 2.07. The van der Waals surface area contributed by atoms with Crippen molar-refractivity contribution in [2.24, 2.45) is 0 Å². The van der Waals surface area contributed by atoms with E-state index in [-0.39, 0.29) is 5.25 Å². The second-order valence-electron chi connectivity index (χ2n) is 4.68. The standard InChI is InChI=1S/C14H18O4S/c15-14(16)13(9-11-5-2-1-3-6-11)19(17)12-7-4-8-18-10-12/h1-3,5-6,12-13H,4,7-10H2,(H,15,16). The van der Waals surface area contributed by atoms with E-state index in [0.29, 0.717) is 19.6 Å². The van der Waals surface area contributed by atoms with Crippen molar-refractivity contribution in [1.29, 1.82) is 0 Å². The van der Waals surface area contributed by atoms with E-state index in [0.717, 1.165) is 18.4 Å². The number of hydrogen-bond acceptors (Lipinski definition) is 3. The van der Waals surface area contributed by atoms with E-state index >= 15 is 0 Å². The van der Waals surface area contributed by atoms with Gasteiger partial charge in [0.25, 0.3) is 0 Å². The van der Waals surface area contributed by atoms with Crippen molar-refractivity contribution >= 4 is 16.8 Å². The number of rotatable bonds is 5. The SMILES string of the molecule is O=C(O)C(Cc1ccccc1)S(=O)C1CCCOC1. The predicted molar refractivity (Wildman–Crippen MR) is 73.6 cm³/mol. The molecular formula is C14H18O4S. The second-order valence-corrected chi connectivity index (χ2v) is 6.58. The van der Waals surface area contributed by atoms with Crippen molar-refractivity contribution in [3.63, 3.8) is 0 Å². The number of benzene rings is 1. The predicted octanol–water partition coefficient (Wildman–Crippen LogP) is 1.61. The Morgan fingerprint density at radius 2 is 2.16 bits per heavy atom. The van der Waals surface area contributed by atoms with Gasteiger partial charge in [0.2, 0.25) is 0 Å². The number of carboxylic acids is 1. The highest BCUT2D eigenvalue weighted by molar-refractivity contribution is 7.87. The molecule has 2 rings (SSSR count). The molecule has 1 N–H and O–H groups in total. The number of hydrogen-bond donors (Lipinski definition) is 1. The Labute approximate surface area is 115 Å². The first-order chi connectivity index (χ1) is 9.18. The molecule has 19 heavy (non-hydrogen) atoms. The number of carboxylic acid groups (broad SMARTS) is 1. The van der Waals surface area contributed by atoms with Gasteiger partial charge in [-0.1, -0.05) is 30.3 Å². The van der Waals surface area contributed by atoms with Gasteiger partial charge in [0.1, 0.15) is 5.25 Å². The molecule has 1 fully saturated rings. The molecule has 0 spiro atoms. The van der Waals surface area contributed by atoms with Gasteiger partial charge in [-0.3, -0.25) is 9.00 Å². The summed E-state index contributed by atoms with van der Waals surface area (Å²) >= 11 is 0. The molecule has 5 heteroatoms. The minimum absolute atomic E-state index is 0.154. The van der Waals surface area contributed by atoms with E-state index < -0.39 is 22.0 Å². The zero-order valence-electron chi connectivity index (χ0n) is 10.7. The minimum Gasteiger partial charge on any atom is -0.480 e. The quantitative estimate of drug-likeness (QED) is 0.891. The molecule has 1 aromatic carbocycles. The van der Waals surface area contributed by atoms with Crippen LogP contribution in [0.3, 0.4) is 0 Å². The molecule has 0 saturated carbocycles. The number of ether oxygens (including phenoxy) is 1. The Morgan fingerprint density at radius 3 is 2.74 bits per heavy atom. The van der Waals surface area contributed by atoms with E-state index in [2.05, 4.69) is 0 Å². The number of carbonyl (C=O) groups is 1. The fourth-order valence-electron chi connectivity index (χ4n) is 2.22. The fraction of sp³-hybridized carbons (Fsp3) is 0.500. The third-order valence-corrected chi connectivity index (χ3v) is 5.22. The van der Waals surface area contributed by atoms with Crippen LogP contribution in [0.5, 0.6) is 0 Å². The molecule has 1 aliphatic rings. The molecule has 0 aliphatic carbocycles. The molecule has 3 atom stereocenters. The van der Waals surface area contributed by atoms with Crippen LogP contribution in [-0.4, -0.2) is 39.0 Å². The van der Waals surface area contributed by atoms with Crippen molar-refractivity contribution in [1.82, 2.24) is 0 Å². The third-order valence-electron chi connectivity index (χ3n) is 3.27. The maximum atomic E-state index is 12.4. The van der Waals surface area contributed by atoms with Crippen LogP contribution < -0.4 is 0 Å². The van der Waals surface area contributed by atoms with Crippen LogP contribution in [0, 0.1) is 0 Å². The summed E-state index contributed by atoms with van der Waals surface area (Å²) in [7, 11) is -1.40. The first kappa shape index (κ1) is 14.2. The molecule has 0 amide bonds. The molecule has 1 saturated heterocycles. The lowest BCUT2D eigenvalue weighted by Gasteiger charge is -2.24. The highest BCUT2D eigenvalue weighted by Gasteiger charge is 2.32. The summed E-state index contributed by atoms with van der Waals surface area (Å²) < 4.78 is 17.7. The third kappa shape index (κ3) is 3.88. The molecule has 0 aromatic heterocycles. The molecule has 1 heterocycles. The summed E-state index contributed by atoms with van der Waals surface area (Å²) in [6.07, 6.45) is 1.94. The van der Waals surface area contributed by atoms with E-state index in [1.165, 1.54) is 0 Å². The lowest BCUT2D eigenvalue weighted by molar-refractivity contribution is -0.136. The monoisotopic (exact) mass is 282 g/mol. The van der Waals surface area contributed by atoms with Crippen molar-refractivity contribution in [3.05, 3.63) is 35.9 Å². The largest absolute Gasteiger partial charge is 0.480 e. The highest BCUT2D eigenvalue weighted by atomic mass is 32.2. The number of aliphatic carboxylic acids is 1. The Kier molecular flexibility index (Phi) is 5.10. The van der Waals surface area contributed by atoms with Gasteiger partial charge >= 0.3 is 5.97 Å². The average Bonchev–Trinajstić information content (AvgIpc) is 2.46. The van der Waals surface area contributed by atoms with Crippen molar-refractivity contribution in [2.45, 2.75) is 29.8 Å². The Morgan fingerprint density at radius 1 is 1.42 bits per heavy atom. The van der Waals surface area contributed by atoms with Gasteiger partial charge in [0, 0.05) is 17.4 Å². The van der Waals surface area contributed by atoms with Crippen LogP contribution in [0.4, 0.5) is 0 Å². The van der Waals surface area contributed by atoms with Gasteiger partial charge in [0.05, 0.1) is 11.9 Å². The van der Waals surface area contributed by atoms with Crippen molar-refractivity contribution < 1.29 is 18.8 Å². The normalized spacial score (nSPS) is 22.6. The van der Waals surface area contributed by atoms with Gasteiger partial charge in [-0.15, -0.1) is 0 Å². The van der Waals surface area contributed by atoms with Crippen molar-refractivity contribution in [2.75, 3.05) is 13.2 Å². The van der Waals surface area contributed by atoms with Crippen LogP contribution in [0.25, 0.3) is 0 Å². The molecule has 0 radical (unpaired) electrons. The summed E-state index contributed by atoms with van der Waals surface area (Å²) in [4.78, 5) is 11.4. The molecule has 4 nitrogen and oxygen atoms in total. The van der Waals surface area contributed by atoms with E-state index in [9.17, 15) is 14.1 Å². The summed E-state index contributed by atoms with van der Waals surface area (Å²) in [6, 6.07) is 9.34. The molecule has 0 bridgehead atoms. The Hall–Kier alpha value is -1.20. The van der Waals surface area contributed by atoms with Crippen LogP contribution in [0.2, 0.25) is 0 Å². The second kappa shape index (κ2) is 6.82. The average molecular weight is 282 g/mol.